The van der Waals surface area contributed by atoms with Crippen LogP contribution >= 0.6 is 0 Å². The summed E-state index contributed by atoms with van der Waals surface area (Å²) in [4.78, 5) is 18.9. The van der Waals surface area contributed by atoms with E-state index in [2.05, 4.69) is 15.3 Å². The maximum Gasteiger partial charge on any atom is 0.234 e. The Labute approximate surface area is 86.7 Å². The van der Waals surface area contributed by atoms with Gasteiger partial charge in [0, 0.05) is 5.69 Å². The second kappa shape index (κ2) is 2.39. The van der Waals surface area contributed by atoms with Gasteiger partial charge in [-0.15, -0.1) is 0 Å². The molecule has 1 aromatic heterocycles. The van der Waals surface area contributed by atoms with Crippen LogP contribution in [0.4, 0.5) is 5.69 Å². The van der Waals surface area contributed by atoms with Crippen LogP contribution in [0.2, 0.25) is 0 Å². The average Bonchev–Trinajstić information content (AvgIpc) is 2.69. The molecule has 1 aromatic carbocycles. The van der Waals surface area contributed by atoms with Gasteiger partial charge < -0.3 is 10.3 Å². The van der Waals surface area contributed by atoms with Gasteiger partial charge in [0.1, 0.15) is 0 Å². The van der Waals surface area contributed by atoms with Crippen LogP contribution in [0, 0.1) is 0 Å². The van der Waals surface area contributed by atoms with Crippen LogP contribution < -0.4 is 5.32 Å². The number of anilines is 1. The van der Waals surface area contributed by atoms with Gasteiger partial charge >= 0.3 is 0 Å². The summed E-state index contributed by atoms with van der Waals surface area (Å²) in [5.74, 6) is 0.0464. The van der Waals surface area contributed by atoms with Gasteiger partial charge in [0.15, 0.2) is 0 Å². The second-order valence-electron chi connectivity index (χ2n) is 4.40. The molecule has 2 N–H and O–H groups in total. The monoisotopic (exact) mass is 201 g/mol. The van der Waals surface area contributed by atoms with Crippen molar-refractivity contribution in [1.82, 2.24) is 9.97 Å². The Bertz CT molecular complexity index is 568. The van der Waals surface area contributed by atoms with Gasteiger partial charge in [0.25, 0.3) is 0 Å². The fourth-order valence-electron chi connectivity index (χ4n) is 2.00. The van der Waals surface area contributed by atoms with Crippen LogP contribution in [-0.4, -0.2) is 15.9 Å². The SMILES string of the molecule is CC1(C)C(=O)Nc2cc3[nH]cnc3cc21. The Hall–Kier alpha value is -1.84. The topological polar surface area (TPSA) is 57.8 Å². The van der Waals surface area contributed by atoms with E-state index in [1.807, 2.05) is 26.0 Å². The van der Waals surface area contributed by atoms with Gasteiger partial charge in [-0.25, -0.2) is 4.98 Å². The molecule has 76 valence electrons. The van der Waals surface area contributed by atoms with Gasteiger partial charge in [-0.1, -0.05) is 0 Å². The molecule has 2 aromatic rings. The van der Waals surface area contributed by atoms with E-state index in [0.29, 0.717) is 0 Å². The summed E-state index contributed by atoms with van der Waals surface area (Å²) < 4.78 is 0. The Balaban J connectivity index is 2.35. The molecule has 0 atom stereocenters. The van der Waals surface area contributed by atoms with E-state index < -0.39 is 5.41 Å². The summed E-state index contributed by atoms with van der Waals surface area (Å²) in [7, 11) is 0. The van der Waals surface area contributed by atoms with Crippen LogP contribution in [0.3, 0.4) is 0 Å². The molecule has 4 heteroatoms. The minimum atomic E-state index is -0.456. The van der Waals surface area contributed by atoms with E-state index in [-0.39, 0.29) is 5.91 Å². The summed E-state index contributed by atoms with van der Waals surface area (Å²) in [6.07, 6.45) is 1.66. The number of carbonyl (C=O) groups excluding carboxylic acids is 1. The number of nitrogens with zero attached hydrogens (tertiary/aromatic N) is 1. The number of hydrogen-bond donors (Lipinski definition) is 2. The number of aromatic amines is 1. The van der Waals surface area contributed by atoms with E-state index in [9.17, 15) is 4.79 Å². The van der Waals surface area contributed by atoms with E-state index in [0.717, 1.165) is 22.3 Å². The van der Waals surface area contributed by atoms with Crippen molar-refractivity contribution in [2.45, 2.75) is 19.3 Å². The summed E-state index contributed by atoms with van der Waals surface area (Å²) in [5, 5.41) is 2.88. The second-order valence-corrected chi connectivity index (χ2v) is 4.40. The fourth-order valence-corrected chi connectivity index (χ4v) is 2.00. The molecule has 0 saturated carbocycles. The first-order valence-electron chi connectivity index (χ1n) is 4.88. The summed E-state index contributed by atoms with van der Waals surface area (Å²) in [5.41, 5.74) is 3.31. The van der Waals surface area contributed by atoms with Crippen molar-refractivity contribution in [1.29, 1.82) is 0 Å². The number of hydrogen-bond acceptors (Lipinski definition) is 2. The normalized spacial score (nSPS) is 17.9. The minimum Gasteiger partial charge on any atom is -0.345 e. The summed E-state index contributed by atoms with van der Waals surface area (Å²) >= 11 is 0. The van der Waals surface area contributed by atoms with E-state index >= 15 is 0 Å². The predicted octanol–water partition coefficient (Wildman–Crippen LogP) is 1.79. The summed E-state index contributed by atoms with van der Waals surface area (Å²) in [6, 6.07) is 3.91. The lowest BCUT2D eigenvalue weighted by atomic mass is 9.86. The lowest BCUT2D eigenvalue weighted by molar-refractivity contribution is -0.119. The first-order chi connectivity index (χ1) is 7.09. The molecule has 0 spiro atoms. The number of fused-ring (bicyclic) bond motifs is 2. The molecular formula is C11H11N3O. The zero-order valence-electron chi connectivity index (χ0n) is 8.59. The van der Waals surface area contributed by atoms with Crippen LogP contribution in [0.5, 0.6) is 0 Å². The molecule has 0 bridgehead atoms. The van der Waals surface area contributed by atoms with Gasteiger partial charge in [-0.3, -0.25) is 4.79 Å². The zero-order chi connectivity index (χ0) is 10.6. The third-order valence-electron chi connectivity index (χ3n) is 3.05. The number of amides is 1. The highest BCUT2D eigenvalue weighted by Crippen LogP contribution is 2.38. The standard InChI is InChI=1S/C11H11N3O/c1-11(2)6-3-8-9(13-5-12-8)4-7(6)14-10(11)15/h3-5H,1-2H3,(H,12,13)(H,14,15). The van der Waals surface area contributed by atoms with Crippen molar-refractivity contribution in [3.05, 3.63) is 24.0 Å². The number of imidazole rings is 1. The largest absolute Gasteiger partial charge is 0.345 e. The van der Waals surface area contributed by atoms with Crippen LogP contribution in [0.15, 0.2) is 18.5 Å². The highest BCUT2D eigenvalue weighted by molar-refractivity contribution is 6.07. The van der Waals surface area contributed by atoms with Crippen LogP contribution in [-0.2, 0) is 10.2 Å². The molecule has 3 rings (SSSR count). The predicted molar refractivity (Wildman–Crippen MR) is 57.7 cm³/mol. The summed E-state index contributed by atoms with van der Waals surface area (Å²) in [6.45, 7) is 3.85. The lowest BCUT2D eigenvalue weighted by Gasteiger charge is -2.14. The molecule has 0 unspecified atom stereocenters. The third-order valence-corrected chi connectivity index (χ3v) is 3.05. The van der Waals surface area contributed by atoms with E-state index in [4.69, 9.17) is 0 Å². The first kappa shape index (κ1) is 8.47. The molecule has 0 aliphatic carbocycles. The van der Waals surface area contributed by atoms with Crippen molar-refractivity contribution < 1.29 is 4.79 Å². The van der Waals surface area contributed by atoms with Crippen molar-refractivity contribution in [2.75, 3.05) is 5.32 Å². The Kier molecular flexibility index (Phi) is 1.35. The molecule has 0 radical (unpaired) electrons. The molecule has 4 nitrogen and oxygen atoms in total. The lowest BCUT2D eigenvalue weighted by Crippen LogP contribution is -2.26. The van der Waals surface area contributed by atoms with Gasteiger partial charge in [0.2, 0.25) is 5.91 Å². The Morgan fingerprint density at radius 1 is 1.33 bits per heavy atom. The Morgan fingerprint density at radius 3 is 2.93 bits per heavy atom. The molecule has 1 amide bonds. The van der Waals surface area contributed by atoms with E-state index in [1.165, 1.54) is 0 Å². The molecule has 0 fully saturated rings. The molecule has 1 aliphatic rings. The molecular weight excluding hydrogens is 190 g/mol. The highest BCUT2D eigenvalue weighted by Gasteiger charge is 2.38. The van der Waals surface area contributed by atoms with Gasteiger partial charge in [-0.2, -0.15) is 0 Å². The molecule has 2 heterocycles. The van der Waals surface area contributed by atoms with Crippen molar-refractivity contribution in [2.24, 2.45) is 0 Å². The number of rotatable bonds is 0. The van der Waals surface area contributed by atoms with Gasteiger partial charge in [-0.05, 0) is 31.5 Å². The minimum absolute atomic E-state index is 0.0464. The number of benzene rings is 1. The maximum atomic E-state index is 11.7. The third kappa shape index (κ3) is 0.960. The number of nitrogens with one attached hydrogen (secondary N) is 2. The molecule has 1 aliphatic heterocycles. The van der Waals surface area contributed by atoms with Crippen molar-refractivity contribution >= 4 is 22.6 Å². The zero-order valence-corrected chi connectivity index (χ0v) is 8.59. The first-order valence-corrected chi connectivity index (χ1v) is 4.88. The van der Waals surface area contributed by atoms with Crippen molar-refractivity contribution in [3.8, 4) is 0 Å². The van der Waals surface area contributed by atoms with Gasteiger partial charge in [0.05, 0.1) is 22.8 Å². The van der Waals surface area contributed by atoms with Crippen molar-refractivity contribution in [3.63, 3.8) is 0 Å². The number of aromatic nitrogens is 2. The van der Waals surface area contributed by atoms with Crippen LogP contribution in [0.25, 0.3) is 11.0 Å². The quantitative estimate of drug-likeness (QED) is 0.682. The molecule has 15 heavy (non-hydrogen) atoms. The number of carbonyl (C=O) groups is 1. The maximum absolute atomic E-state index is 11.7. The average molecular weight is 201 g/mol. The fraction of sp³-hybridized carbons (Fsp3) is 0.273. The van der Waals surface area contributed by atoms with Crippen LogP contribution in [0.1, 0.15) is 19.4 Å². The highest BCUT2D eigenvalue weighted by atomic mass is 16.2. The number of H-pyrrole nitrogens is 1. The van der Waals surface area contributed by atoms with E-state index in [1.54, 1.807) is 6.33 Å². The molecule has 0 saturated heterocycles. The Morgan fingerprint density at radius 2 is 2.13 bits per heavy atom. The smallest absolute Gasteiger partial charge is 0.234 e.